The first kappa shape index (κ1) is 21.5. The molecular weight excluding hydrogens is 440 g/mol. The van der Waals surface area contributed by atoms with Crippen LogP contribution < -0.4 is 29.2 Å². The molecule has 2 aliphatic heterocycles. The quantitative estimate of drug-likeness (QED) is 0.540. The van der Waals surface area contributed by atoms with Gasteiger partial charge in [0.1, 0.15) is 5.57 Å². The van der Waals surface area contributed by atoms with Crippen LogP contribution in [0.2, 0.25) is 5.02 Å². The normalized spacial score (nSPS) is 16.6. The van der Waals surface area contributed by atoms with Gasteiger partial charge in [0.25, 0.3) is 11.8 Å². The number of urea groups is 1. The molecule has 1 fully saturated rings. The van der Waals surface area contributed by atoms with Crippen LogP contribution in [0, 0.1) is 0 Å². The summed E-state index contributed by atoms with van der Waals surface area (Å²) in [5.74, 6) is -0.0446. The molecule has 0 atom stereocenters. The van der Waals surface area contributed by atoms with Crippen LogP contribution in [-0.2, 0) is 9.59 Å². The third-order valence-corrected chi connectivity index (χ3v) is 4.91. The molecule has 1 saturated heterocycles. The maximum Gasteiger partial charge on any atom is 0.335 e. The molecule has 2 aliphatic rings. The number of carbonyl (C=O) groups is 3. The van der Waals surface area contributed by atoms with Gasteiger partial charge in [0, 0.05) is 6.07 Å². The number of hydrogen-bond acceptors (Lipinski definition) is 7. The summed E-state index contributed by atoms with van der Waals surface area (Å²) in [6.45, 7) is 3.73. The Bertz CT molecular complexity index is 1160. The van der Waals surface area contributed by atoms with Crippen molar-refractivity contribution in [1.82, 2.24) is 5.32 Å². The van der Waals surface area contributed by atoms with E-state index in [1.165, 1.54) is 31.4 Å². The molecular formula is C22H19ClN2O7. The number of hydrogen-bond donors (Lipinski definition) is 1. The number of amides is 4. The highest BCUT2D eigenvalue weighted by atomic mass is 35.5. The molecule has 0 aliphatic carbocycles. The van der Waals surface area contributed by atoms with Crippen molar-refractivity contribution in [3.05, 3.63) is 46.5 Å². The van der Waals surface area contributed by atoms with Crippen molar-refractivity contribution in [2.75, 3.05) is 18.8 Å². The number of barbiturate groups is 1. The van der Waals surface area contributed by atoms with Crippen LogP contribution in [0.4, 0.5) is 10.5 Å². The summed E-state index contributed by atoms with van der Waals surface area (Å²) in [6.07, 6.45) is 1.19. The third kappa shape index (κ3) is 3.94. The van der Waals surface area contributed by atoms with E-state index < -0.39 is 17.8 Å². The summed E-state index contributed by atoms with van der Waals surface area (Å²) >= 11 is 6.34. The van der Waals surface area contributed by atoms with Gasteiger partial charge in [-0.1, -0.05) is 11.6 Å². The largest absolute Gasteiger partial charge is 0.493 e. The van der Waals surface area contributed by atoms with Gasteiger partial charge in [0.05, 0.1) is 23.9 Å². The maximum absolute atomic E-state index is 13.1. The second-order valence-corrected chi connectivity index (χ2v) is 7.60. The molecule has 2 aromatic carbocycles. The number of anilines is 1. The number of nitrogens with zero attached hydrogens (tertiary/aromatic N) is 1. The zero-order chi connectivity index (χ0) is 23.0. The molecule has 32 heavy (non-hydrogen) atoms. The van der Waals surface area contributed by atoms with Crippen molar-refractivity contribution in [3.63, 3.8) is 0 Å². The molecule has 166 valence electrons. The highest BCUT2D eigenvalue weighted by Gasteiger charge is 2.37. The van der Waals surface area contributed by atoms with Crippen molar-refractivity contribution < 1.29 is 33.3 Å². The Morgan fingerprint density at radius 3 is 2.59 bits per heavy atom. The maximum atomic E-state index is 13.1. The first-order valence-electron chi connectivity index (χ1n) is 9.63. The van der Waals surface area contributed by atoms with Gasteiger partial charge in [-0.2, -0.15) is 0 Å². The fourth-order valence-corrected chi connectivity index (χ4v) is 3.52. The van der Waals surface area contributed by atoms with Crippen molar-refractivity contribution in [2.24, 2.45) is 0 Å². The molecule has 0 unspecified atom stereocenters. The van der Waals surface area contributed by atoms with E-state index in [4.69, 9.17) is 30.5 Å². The topological polar surface area (TPSA) is 103 Å². The summed E-state index contributed by atoms with van der Waals surface area (Å²) in [6, 6.07) is 6.85. The number of carbonyl (C=O) groups excluding carboxylic acids is 3. The number of methoxy groups -OCH3 is 1. The van der Waals surface area contributed by atoms with Gasteiger partial charge in [-0.25, -0.2) is 9.69 Å². The Balaban J connectivity index is 1.71. The Morgan fingerprint density at radius 1 is 1.12 bits per heavy atom. The standard InChI is InChI=1S/C22H19ClN2O7/c1-11(2)32-19-15(23)7-12(8-18(19)29-3)6-14-20(26)24-22(28)25(21(14)27)13-4-5-16-17(9-13)31-10-30-16/h4-9,11H,10H2,1-3H3,(H,24,26,28)/b14-6+. The molecule has 10 heteroatoms. The van der Waals surface area contributed by atoms with Crippen LogP contribution in [0.25, 0.3) is 6.08 Å². The minimum Gasteiger partial charge on any atom is -0.493 e. The Hall–Kier alpha value is -3.72. The van der Waals surface area contributed by atoms with Gasteiger partial charge in [-0.3, -0.25) is 14.9 Å². The second kappa shape index (κ2) is 8.43. The van der Waals surface area contributed by atoms with Gasteiger partial charge in [0.2, 0.25) is 6.79 Å². The molecule has 2 aromatic rings. The fourth-order valence-electron chi connectivity index (χ4n) is 3.26. The summed E-state index contributed by atoms with van der Waals surface area (Å²) < 4.78 is 21.6. The zero-order valence-electron chi connectivity index (χ0n) is 17.4. The van der Waals surface area contributed by atoms with Crippen LogP contribution in [0.1, 0.15) is 19.4 Å². The summed E-state index contributed by atoms with van der Waals surface area (Å²) in [4.78, 5) is 38.9. The first-order chi connectivity index (χ1) is 15.3. The second-order valence-electron chi connectivity index (χ2n) is 7.20. The SMILES string of the molecule is COc1cc(/C=C2\C(=O)NC(=O)N(c3ccc4c(c3)OCO4)C2=O)cc(Cl)c1OC(C)C. The van der Waals surface area contributed by atoms with Crippen molar-refractivity contribution in [2.45, 2.75) is 20.0 Å². The molecule has 0 radical (unpaired) electrons. The van der Waals surface area contributed by atoms with Crippen LogP contribution in [0.3, 0.4) is 0 Å². The average Bonchev–Trinajstić information content (AvgIpc) is 3.20. The van der Waals surface area contributed by atoms with Gasteiger partial charge in [0.15, 0.2) is 23.0 Å². The van der Waals surface area contributed by atoms with Gasteiger partial charge >= 0.3 is 6.03 Å². The number of imide groups is 2. The lowest BCUT2D eigenvalue weighted by Gasteiger charge is -2.26. The number of benzene rings is 2. The molecule has 1 N–H and O–H groups in total. The van der Waals surface area contributed by atoms with Crippen LogP contribution >= 0.6 is 11.6 Å². The minimum atomic E-state index is -0.868. The van der Waals surface area contributed by atoms with Crippen LogP contribution in [0.15, 0.2) is 35.9 Å². The first-order valence-corrected chi connectivity index (χ1v) is 10.0. The molecule has 4 amide bonds. The van der Waals surface area contributed by atoms with Crippen molar-refractivity contribution in [3.8, 4) is 23.0 Å². The number of nitrogens with one attached hydrogen (secondary N) is 1. The fraction of sp³-hybridized carbons (Fsp3) is 0.227. The van der Waals surface area contributed by atoms with Crippen molar-refractivity contribution >= 4 is 41.2 Å². The predicted molar refractivity (Wildman–Crippen MR) is 115 cm³/mol. The summed E-state index contributed by atoms with van der Waals surface area (Å²) in [7, 11) is 1.45. The van der Waals surface area contributed by atoms with Gasteiger partial charge < -0.3 is 18.9 Å². The Kier molecular flexibility index (Phi) is 5.67. The van der Waals surface area contributed by atoms with E-state index >= 15 is 0 Å². The third-order valence-electron chi connectivity index (χ3n) is 4.63. The van der Waals surface area contributed by atoms with E-state index in [9.17, 15) is 14.4 Å². The average molecular weight is 459 g/mol. The van der Waals surface area contributed by atoms with Crippen LogP contribution in [-0.4, -0.2) is 37.9 Å². The number of halogens is 1. The lowest BCUT2D eigenvalue weighted by Crippen LogP contribution is -2.54. The molecule has 0 aromatic heterocycles. The number of fused-ring (bicyclic) bond motifs is 1. The smallest absolute Gasteiger partial charge is 0.335 e. The summed E-state index contributed by atoms with van der Waals surface area (Å²) in [5.41, 5.74) is 0.394. The lowest BCUT2D eigenvalue weighted by atomic mass is 10.1. The molecule has 9 nitrogen and oxygen atoms in total. The highest BCUT2D eigenvalue weighted by molar-refractivity contribution is 6.39. The van der Waals surface area contributed by atoms with Gasteiger partial charge in [-0.05, 0) is 49.8 Å². The number of rotatable bonds is 5. The molecule has 0 spiro atoms. The van der Waals surface area contributed by atoms with E-state index in [-0.39, 0.29) is 29.2 Å². The molecule has 2 heterocycles. The monoisotopic (exact) mass is 458 g/mol. The van der Waals surface area contributed by atoms with E-state index in [0.29, 0.717) is 28.6 Å². The van der Waals surface area contributed by atoms with Crippen LogP contribution in [0.5, 0.6) is 23.0 Å². The zero-order valence-corrected chi connectivity index (χ0v) is 18.2. The predicted octanol–water partition coefficient (Wildman–Crippen LogP) is 3.53. The molecule has 4 rings (SSSR count). The van der Waals surface area contributed by atoms with E-state index in [2.05, 4.69) is 5.32 Å². The lowest BCUT2D eigenvalue weighted by molar-refractivity contribution is -0.122. The van der Waals surface area contributed by atoms with Crippen molar-refractivity contribution in [1.29, 1.82) is 0 Å². The van der Waals surface area contributed by atoms with E-state index in [1.54, 1.807) is 12.1 Å². The minimum absolute atomic E-state index is 0.0433. The number of ether oxygens (including phenoxy) is 4. The Labute approximate surface area is 188 Å². The highest BCUT2D eigenvalue weighted by Crippen LogP contribution is 2.39. The van der Waals surface area contributed by atoms with Gasteiger partial charge in [-0.15, -0.1) is 0 Å². The molecule has 0 saturated carbocycles. The van der Waals surface area contributed by atoms with E-state index in [1.807, 2.05) is 13.8 Å². The Morgan fingerprint density at radius 2 is 1.88 bits per heavy atom. The van der Waals surface area contributed by atoms with E-state index in [0.717, 1.165) is 4.90 Å². The summed E-state index contributed by atoms with van der Waals surface area (Å²) in [5, 5.41) is 2.42. The molecule has 0 bridgehead atoms.